The van der Waals surface area contributed by atoms with Crippen LogP contribution in [-0.4, -0.2) is 24.9 Å². The normalized spacial score (nSPS) is 13.4. The molecule has 0 aliphatic rings. The highest BCUT2D eigenvalue weighted by atomic mass is 19.2. The van der Waals surface area contributed by atoms with Crippen LogP contribution in [0.4, 0.5) is 8.78 Å². The van der Waals surface area contributed by atoms with Gasteiger partial charge in [0.2, 0.25) is 0 Å². The Morgan fingerprint density at radius 3 is 2.60 bits per heavy atom. The number of hydrogen-bond acceptors (Lipinski definition) is 2. The molecule has 0 spiro atoms. The Bertz CT molecular complexity index is 154. The van der Waals surface area contributed by atoms with E-state index in [-0.39, 0.29) is 0 Å². The highest BCUT2D eigenvalue weighted by Gasteiger charge is 2.12. The molecule has 0 rings (SSSR count). The second kappa shape index (κ2) is 4.78. The van der Waals surface area contributed by atoms with Gasteiger partial charge in [0.1, 0.15) is 13.0 Å². The minimum Gasteiger partial charge on any atom is -0.299 e. The van der Waals surface area contributed by atoms with E-state index in [1.165, 1.54) is 0 Å². The van der Waals surface area contributed by atoms with Gasteiger partial charge in [0.15, 0.2) is 12.0 Å². The van der Waals surface area contributed by atoms with Gasteiger partial charge < -0.3 is 0 Å². The molecule has 0 aromatic heterocycles. The maximum atomic E-state index is 12.0. The zero-order valence-electron chi connectivity index (χ0n) is 5.09. The highest BCUT2D eigenvalue weighted by Crippen LogP contribution is 1.94. The molecule has 0 fully saturated rings. The van der Waals surface area contributed by atoms with Crippen LogP contribution >= 0.6 is 0 Å². The van der Waals surface area contributed by atoms with Crippen LogP contribution in [0.2, 0.25) is 0 Å². The Morgan fingerprint density at radius 2 is 2.20 bits per heavy atom. The minimum absolute atomic E-state index is 0.322. The minimum atomic E-state index is -2.13. The second-order valence-corrected chi connectivity index (χ2v) is 1.52. The molecule has 0 amide bonds. The number of carbonyl (C=O) groups excluding carboxylic acids is 2. The van der Waals surface area contributed by atoms with Crippen LogP contribution in [-0.2, 0) is 9.59 Å². The predicted octanol–water partition coefficient (Wildman–Crippen LogP) is 0.618. The van der Waals surface area contributed by atoms with E-state index in [1.807, 2.05) is 0 Å². The molecule has 0 aliphatic heterocycles. The first-order valence-electron chi connectivity index (χ1n) is 2.58. The Kier molecular flexibility index (Phi) is 4.28. The van der Waals surface area contributed by atoms with E-state index in [4.69, 9.17) is 0 Å². The molecule has 0 aliphatic carbocycles. The Balaban J connectivity index is 3.83. The summed E-state index contributed by atoms with van der Waals surface area (Å²) in [5, 5.41) is 0. The number of carbonyl (C=O) groups is 2. The second-order valence-electron chi connectivity index (χ2n) is 1.52. The lowest BCUT2D eigenvalue weighted by Crippen LogP contribution is -2.14. The van der Waals surface area contributed by atoms with Crippen molar-refractivity contribution in [2.45, 2.75) is 6.17 Å². The number of halogens is 2. The van der Waals surface area contributed by atoms with Gasteiger partial charge in [0.05, 0.1) is 0 Å². The topological polar surface area (TPSA) is 34.1 Å². The first-order valence-corrected chi connectivity index (χ1v) is 2.58. The molecule has 1 atom stereocenters. The molecule has 0 aromatic rings. The van der Waals surface area contributed by atoms with Crippen molar-refractivity contribution in [3.63, 3.8) is 0 Å². The van der Waals surface area contributed by atoms with Crippen LogP contribution in [0.5, 0.6) is 0 Å². The van der Waals surface area contributed by atoms with Crippen molar-refractivity contribution in [3.8, 4) is 0 Å². The molecule has 0 heterocycles. The van der Waals surface area contributed by atoms with Crippen molar-refractivity contribution in [1.29, 1.82) is 0 Å². The predicted molar refractivity (Wildman–Crippen MR) is 31.1 cm³/mol. The molecule has 0 saturated heterocycles. The first kappa shape index (κ1) is 8.94. The Hall–Kier alpha value is -1.06. The van der Waals surface area contributed by atoms with Crippen LogP contribution in [0.25, 0.3) is 0 Å². The van der Waals surface area contributed by atoms with E-state index in [1.54, 1.807) is 0 Å². The number of hydrogen-bond donors (Lipinski definition) is 0. The molecule has 56 valence electrons. The zero-order chi connectivity index (χ0) is 7.98. The fourth-order valence-electron chi connectivity index (χ4n) is 0.315. The van der Waals surface area contributed by atoms with Crippen molar-refractivity contribution < 1.29 is 18.4 Å². The van der Waals surface area contributed by atoms with Crippen molar-refractivity contribution in [1.82, 2.24) is 0 Å². The summed E-state index contributed by atoms with van der Waals surface area (Å²) in [7, 11) is 0. The molecule has 4 heteroatoms. The van der Waals surface area contributed by atoms with E-state index in [0.717, 1.165) is 6.08 Å². The van der Waals surface area contributed by atoms with Gasteiger partial charge in [-0.1, -0.05) is 0 Å². The maximum Gasteiger partial charge on any atom is 0.192 e. The summed E-state index contributed by atoms with van der Waals surface area (Å²) in [5.74, 6) is -1.02. The summed E-state index contributed by atoms with van der Waals surface area (Å²) in [6, 6.07) is 0. The molecular formula is C6H6F2O2. The fourth-order valence-corrected chi connectivity index (χ4v) is 0.315. The third kappa shape index (κ3) is 3.06. The van der Waals surface area contributed by atoms with Gasteiger partial charge in [0, 0.05) is 0 Å². The lowest BCUT2D eigenvalue weighted by molar-refractivity contribution is -0.119. The number of alkyl halides is 2. The zero-order valence-corrected chi connectivity index (χ0v) is 5.09. The van der Waals surface area contributed by atoms with Crippen molar-refractivity contribution in [2.24, 2.45) is 0 Å². The monoisotopic (exact) mass is 148 g/mol. The summed E-state index contributed by atoms with van der Waals surface area (Å²) >= 11 is 0. The standard InChI is InChI=1S/C6H6F2O2/c7-4-5(8)6(10)2-1-3-9/h1-3,5H,4H2/b2-1+. The largest absolute Gasteiger partial charge is 0.299 e. The van der Waals surface area contributed by atoms with Crippen molar-refractivity contribution in [3.05, 3.63) is 12.2 Å². The average molecular weight is 148 g/mol. The van der Waals surface area contributed by atoms with Gasteiger partial charge in [-0.05, 0) is 12.2 Å². The van der Waals surface area contributed by atoms with Crippen molar-refractivity contribution in [2.75, 3.05) is 6.67 Å². The summed E-state index contributed by atoms with van der Waals surface area (Å²) in [4.78, 5) is 19.8. The quantitative estimate of drug-likeness (QED) is 0.432. The van der Waals surface area contributed by atoms with E-state index < -0.39 is 18.6 Å². The van der Waals surface area contributed by atoms with E-state index in [2.05, 4.69) is 0 Å². The number of rotatable bonds is 4. The molecule has 0 radical (unpaired) electrons. The van der Waals surface area contributed by atoms with Gasteiger partial charge >= 0.3 is 0 Å². The number of allylic oxidation sites excluding steroid dienone is 2. The SMILES string of the molecule is O=C/C=C/C(=O)C(F)CF. The number of aldehydes is 1. The maximum absolute atomic E-state index is 12.0. The van der Waals surface area contributed by atoms with Crippen LogP contribution in [0.1, 0.15) is 0 Å². The summed E-state index contributed by atoms with van der Waals surface area (Å²) in [6.45, 7) is -1.35. The smallest absolute Gasteiger partial charge is 0.192 e. The average Bonchev–Trinajstić information content (AvgIpc) is 1.98. The highest BCUT2D eigenvalue weighted by molar-refractivity contribution is 5.95. The van der Waals surface area contributed by atoms with Crippen LogP contribution < -0.4 is 0 Å². The molecule has 1 unspecified atom stereocenters. The molecular weight excluding hydrogens is 142 g/mol. The molecule has 0 N–H and O–H groups in total. The van der Waals surface area contributed by atoms with Gasteiger partial charge in [-0.25, -0.2) is 8.78 Å². The molecule has 2 nitrogen and oxygen atoms in total. The number of ketones is 1. The third-order valence-corrected chi connectivity index (χ3v) is 0.783. The van der Waals surface area contributed by atoms with Gasteiger partial charge in [-0.15, -0.1) is 0 Å². The molecule has 10 heavy (non-hydrogen) atoms. The van der Waals surface area contributed by atoms with Gasteiger partial charge in [0.25, 0.3) is 0 Å². The van der Waals surface area contributed by atoms with Gasteiger partial charge in [-0.2, -0.15) is 0 Å². The van der Waals surface area contributed by atoms with E-state index in [0.29, 0.717) is 12.4 Å². The molecule has 0 bridgehead atoms. The fraction of sp³-hybridized carbons (Fsp3) is 0.333. The Morgan fingerprint density at radius 1 is 1.60 bits per heavy atom. The third-order valence-electron chi connectivity index (χ3n) is 0.783. The van der Waals surface area contributed by atoms with E-state index >= 15 is 0 Å². The van der Waals surface area contributed by atoms with Crippen molar-refractivity contribution >= 4 is 12.1 Å². The molecule has 0 aromatic carbocycles. The summed E-state index contributed by atoms with van der Waals surface area (Å²) in [5.41, 5.74) is 0. The summed E-state index contributed by atoms with van der Waals surface area (Å²) < 4.78 is 23.3. The first-order chi connectivity index (χ1) is 4.72. The lowest BCUT2D eigenvalue weighted by atomic mass is 10.2. The Labute approximate surface area is 56.5 Å². The lowest BCUT2D eigenvalue weighted by Gasteiger charge is -1.93. The van der Waals surface area contributed by atoms with Crippen LogP contribution in [0.15, 0.2) is 12.2 Å². The van der Waals surface area contributed by atoms with Crippen LogP contribution in [0.3, 0.4) is 0 Å². The summed E-state index contributed by atoms with van der Waals surface area (Å²) in [6.07, 6.45) is -0.277. The van der Waals surface area contributed by atoms with Crippen LogP contribution in [0, 0.1) is 0 Å². The van der Waals surface area contributed by atoms with Gasteiger partial charge in [-0.3, -0.25) is 9.59 Å². The molecule has 0 saturated carbocycles. The van der Waals surface area contributed by atoms with E-state index in [9.17, 15) is 18.4 Å².